The number of esters is 3. The number of cyclic esters (lactones) is 1. The van der Waals surface area contributed by atoms with E-state index >= 15 is 0 Å². The topological polar surface area (TPSA) is 108 Å². The summed E-state index contributed by atoms with van der Waals surface area (Å²) in [4.78, 5) is 35.8. The molecule has 162 valence electrons. The Bertz CT molecular complexity index is 898. The molecule has 2 aliphatic rings. The second kappa shape index (κ2) is 8.77. The van der Waals surface area contributed by atoms with E-state index in [0.29, 0.717) is 29.7 Å². The number of carbonyl (C=O) groups excluding carboxylic acids is 3. The van der Waals surface area contributed by atoms with Gasteiger partial charge in [0.05, 0.1) is 21.3 Å². The van der Waals surface area contributed by atoms with Gasteiger partial charge in [-0.3, -0.25) is 9.59 Å². The molecule has 1 aliphatic carbocycles. The van der Waals surface area contributed by atoms with Gasteiger partial charge in [0.1, 0.15) is 23.7 Å². The highest BCUT2D eigenvalue weighted by Gasteiger charge is 2.36. The summed E-state index contributed by atoms with van der Waals surface area (Å²) in [5, 5.41) is 10.9. The largest absolute Gasteiger partial charge is 0.507 e. The van der Waals surface area contributed by atoms with Crippen molar-refractivity contribution < 1.29 is 38.4 Å². The minimum absolute atomic E-state index is 0.0977. The Morgan fingerprint density at radius 2 is 1.90 bits per heavy atom. The lowest BCUT2D eigenvalue weighted by atomic mass is 9.89. The summed E-state index contributed by atoms with van der Waals surface area (Å²) in [5.41, 5.74) is 3.27. The van der Waals surface area contributed by atoms with Crippen molar-refractivity contribution in [3.05, 3.63) is 33.9 Å². The molecule has 0 radical (unpaired) electrons. The van der Waals surface area contributed by atoms with E-state index in [-0.39, 0.29) is 30.3 Å². The molecule has 0 saturated heterocycles. The highest BCUT2D eigenvalue weighted by molar-refractivity contribution is 5.98. The summed E-state index contributed by atoms with van der Waals surface area (Å²) in [6.07, 6.45) is 4.25. The standard InChI is InChI=1S/C22H26O8/c1-11-15-10-30-22(26)17(15)18(23)16(19(11)27-2)13-7-5-12(9-13)6-8-14(20(24)28-3)21(25)29-4/h9,13-14,23H,5-8,10H2,1-4H3. The predicted molar refractivity (Wildman–Crippen MR) is 105 cm³/mol. The molecule has 0 aromatic heterocycles. The Balaban J connectivity index is 1.86. The van der Waals surface area contributed by atoms with E-state index in [9.17, 15) is 19.5 Å². The molecule has 1 N–H and O–H groups in total. The van der Waals surface area contributed by atoms with Crippen LogP contribution in [-0.2, 0) is 30.4 Å². The van der Waals surface area contributed by atoms with Crippen molar-refractivity contribution in [2.45, 2.75) is 45.1 Å². The average molecular weight is 418 g/mol. The predicted octanol–water partition coefficient (Wildman–Crippen LogP) is 2.93. The maximum Gasteiger partial charge on any atom is 0.342 e. The SMILES string of the molecule is COC(=O)C(CCC1=CC(c2c(O)c3c(c(C)c2OC)COC3=O)CC1)C(=O)OC. The summed E-state index contributed by atoms with van der Waals surface area (Å²) in [6.45, 7) is 1.97. The number of carbonyl (C=O) groups is 3. The summed E-state index contributed by atoms with van der Waals surface area (Å²) >= 11 is 0. The first-order valence-electron chi connectivity index (χ1n) is 9.78. The van der Waals surface area contributed by atoms with Crippen LogP contribution >= 0.6 is 0 Å². The van der Waals surface area contributed by atoms with Crippen molar-refractivity contribution >= 4 is 17.9 Å². The molecular formula is C22H26O8. The molecule has 0 saturated carbocycles. The first-order valence-corrected chi connectivity index (χ1v) is 9.78. The number of phenols is 1. The first-order chi connectivity index (χ1) is 14.3. The van der Waals surface area contributed by atoms with Crippen LogP contribution in [0.15, 0.2) is 11.6 Å². The zero-order valence-electron chi connectivity index (χ0n) is 17.6. The van der Waals surface area contributed by atoms with Gasteiger partial charge in [-0.1, -0.05) is 11.6 Å². The van der Waals surface area contributed by atoms with Crippen LogP contribution in [0.3, 0.4) is 0 Å². The second-order valence-corrected chi connectivity index (χ2v) is 7.46. The van der Waals surface area contributed by atoms with Crippen molar-refractivity contribution in [2.75, 3.05) is 21.3 Å². The number of allylic oxidation sites excluding steroid dienone is 2. The quantitative estimate of drug-likeness (QED) is 0.312. The highest BCUT2D eigenvalue weighted by Crippen LogP contribution is 2.49. The van der Waals surface area contributed by atoms with E-state index in [4.69, 9.17) is 18.9 Å². The fourth-order valence-electron chi connectivity index (χ4n) is 4.30. The van der Waals surface area contributed by atoms with Gasteiger partial charge in [0.15, 0.2) is 5.92 Å². The van der Waals surface area contributed by atoms with Gasteiger partial charge in [-0.25, -0.2) is 4.79 Å². The lowest BCUT2D eigenvalue weighted by Crippen LogP contribution is -2.26. The summed E-state index contributed by atoms with van der Waals surface area (Å²) < 4.78 is 20.1. The van der Waals surface area contributed by atoms with E-state index in [0.717, 1.165) is 17.6 Å². The molecule has 8 heteroatoms. The van der Waals surface area contributed by atoms with E-state index in [1.165, 1.54) is 21.3 Å². The second-order valence-electron chi connectivity index (χ2n) is 7.46. The van der Waals surface area contributed by atoms with Gasteiger partial charge >= 0.3 is 17.9 Å². The molecule has 1 aromatic rings. The molecule has 3 rings (SSSR count). The smallest absolute Gasteiger partial charge is 0.342 e. The van der Waals surface area contributed by atoms with Gasteiger partial charge in [-0.05, 0) is 38.2 Å². The molecule has 1 heterocycles. The minimum Gasteiger partial charge on any atom is -0.507 e. The molecule has 1 unspecified atom stereocenters. The number of methoxy groups -OCH3 is 3. The lowest BCUT2D eigenvalue weighted by Gasteiger charge is -2.19. The molecule has 0 spiro atoms. The van der Waals surface area contributed by atoms with E-state index in [2.05, 4.69) is 0 Å². The van der Waals surface area contributed by atoms with Crippen molar-refractivity contribution in [1.29, 1.82) is 0 Å². The Labute approximate surface area is 174 Å². The van der Waals surface area contributed by atoms with Crippen LogP contribution < -0.4 is 4.74 Å². The van der Waals surface area contributed by atoms with Crippen LogP contribution in [0.2, 0.25) is 0 Å². The molecule has 0 fully saturated rings. The van der Waals surface area contributed by atoms with Crippen LogP contribution in [-0.4, -0.2) is 44.3 Å². The molecule has 30 heavy (non-hydrogen) atoms. The molecule has 0 bridgehead atoms. The molecule has 0 amide bonds. The van der Waals surface area contributed by atoms with Crippen molar-refractivity contribution in [2.24, 2.45) is 5.92 Å². The van der Waals surface area contributed by atoms with Crippen molar-refractivity contribution in [1.82, 2.24) is 0 Å². The number of phenolic OH excluding ortho intramolecular Hbond substituents is 1. The maximum atomic E-state index is 12.1. The highest BCUT2D eigenvalue weighted by atomic mass is 16.5. The van der Waals surface area contributed by atoms with Gasteiger partial charge in [0, 0.05) is 17.0 Å². The number of aromatic hydroxyl groups is 1. The van der Waals surface area contributed by atoms with Gasteiger partial charge in [-0.2, -0.15) is 0 Å². The maximum absolute atomic E-state index is 12.1. The van der Waals surface area contributed by atoms with Gasteiger partial charge in [-0.15, -0.1) is 0 Å². The third-order valence-corrected chi connectivity index (χ3v) is 5.90. The van der Waals surface area contributed by atoms with Crippen molar-refractivity contribution in [3.63, 3.8) is 0 Å². The Kier molecular flexibility index (Phi) is 6.34. The first kappa shape index (κ1) is 21.7. The monoisotopic (exact) mass is 418 g/mol. The van der Waals surface area contributed by atoms with E-state index < -0.39 is 23.8 Å². The average Bonchev–Trinajstić information content (AvgIpc) is 3.36. The number of hydrogen-bond acceptors (Lipinski definition) is 8. The number of benzene rings is 1. The van der Waals surface area contributed by atoms with Crippen LogP contribution in [0.5, 0.6) is 11.5 Å². The third-order valence-electron chi connectivity index (χ3n) is 5.90. The number of rotatable bonds is 7. The van der Waals surface area contributed by atoms with Gasteiger partial charge in [0.2, 0.25) is 0 Å². The number of hydrogen-bond donors (Lipinski definition) is 1. The van der Waals surface area contributed by atoms with Crippen LogP contribution in [0.25, 0.3) is 0 Å². The lowest BCUT2D eigenvalue weighted by molar-refractivity contribution is -0.159. The minimum atomic E-state index is -0.972. The fraction of sp³-hybridized carbons (Fsp3) is 0.500. The fourth-order valence-corrected chi connectivity index (χ4v) is 4.30. The summed E-state index contributed by atoms with van der Waals surface area (Å²) in [6, 6.07) is 0. The third kappa shape index (κ3) is 3.74. The Hall–Kier alpha value is -3.03. The normalized spacial score (nSPS) is 17.4. The summed E-state index contributed by atoms with van der Waals surface area (Å²) in [5.74, 6) is -2.45. The Morgan fingerprint density at radius 1 is 1.23 bits per heavy atom. The van der Waals surface area contributed by atoms with Crippen molar-refractivity contribution in [3.8, 4) is 11.5 Å². The Morgan fingerprint density at radius 3 is 2.50 bits per heavy atom. The number of ether oxygens (including phenoxy) is 4. The molecule has 1 aromatic carbocycles. The van der Waals surface area contributed by atoms with Crippen LogP contribution in [0.1, 0.15) is 58.6 Å². The zero-order valence-corrected chi connectivity index (χ0v) is 17.6. The molecule has 1 aliphatic heterocycles. The van der Waals surface area contributed by atoms with Gasteiger partial charge < -0.3 is 24.1 Å². The summed E-state index contributed by atoms with van der Waals surface area (Å²) in [7, 11) is 4.00. The zero-order chi connectivity index (χ0) is 22.0. The van der Waals surface area contributed by atoms with E-state index in [1.807, 2.05) is 13.0 Å². The molecule has 1 atom stereocenters. The van der Waals surface area contributed by atoms with Crippen LogP contribution in [0.4, 0.5) is 0 Å². The molecular weight excluding hydrogens is 392 g/mol. The van der Waals surface area contributed by atoms with Crippen LogP contribution in [0, 0.1) is 12.8 Å². The number of fused-ring (bicyclic) bond motifs is 1. The van der Waals surface area contributed by atoms with Gasteiger partial charge in [0.25, 0.3) is 0 Å². The van der Waals surface area contributed by atoms with E-state index in [1.54, 1.807) is 0 Å². The molecule has 8 nitrogen and oxygen atoms in total.